The smallest absolute Gasteiger partial charge is 0.119 e. The van der Waals surface area contributed by atoms with Gasteiger partial charge in [-0.1, -0.05) is 18.2 Å². The molecule has 1 aliphatic rings. The van der Waals surface area contributed by atoms with Crippen LogP contribution in [0.1, 0.15) is 6.42 Å². The topological polar surface area (TPSA) is 21.3 Å². The molecule has 1 fully saturated rings. The number of halogens is 1. The molecule has 1 unspecified atom stereocenters. The average molecular weight is 214 g/mol. The van der Waals surface area contributed by atoms with Crippen LogP contribution in [0.5, 0.6) is 5.75 Å². The van der Waals surface area contributed by atoms with Crippen molar-refractivity contribution in [2.45, 2.75) is 6.42 Å². The van der Waals surface area contributed by atoms with E-state index in [0.717, 1.165) is 25.4 Å². The molecule has 2 rings (SSSR count). The fraction of sp³-hybridized carbons (Fsp3) is 0.455. The average Bonchev–Trinajstić information content (AvgIpc) is 2.69. The van der Waals surface area contributed by atoms with Gasteiger partial charge in [0, 0.05) is 12.5 Å². The summed E-state index contributed by atoms with van der Waals surface area (Å²) >= 11 is 0. The third-order valence-corrected chi connectivity index (χ3v) is 2.39. The van der Waals surface area contributed by atoms with Crippen LogP contribution in [0.3, 0.4) is 0 Å². The molecular formula is C11H16ClNO. The van der Waals surface area contributed by atoms with E-state index >= 15 is 0 Å². The van der Waals surface area contributed by atoms with Crippen LogP contribution < -0.4 is 10.1 Å². The van der Waals surface area contributed by atoms with E-state index in [1.165, 1.54) is 6.42 Å². The Morgan fingerprint density at radius 3 is 2.71 bits per heavy atom. The SMILES string of the molecule is Cl.c1ccc(OCC2CCNC2)cc1. The summed E-state index contributed by atoms with van der Waals surface area (Å²) in [7, 11) is 0. The molecular weight excluding hydrogens is 198 g/mol. The third kappa shape index (κ3) is 3.20. The first-order chi connectivity index (χ1) is 6.45. The Morgan fingerprint density at radius 2 is 2.07 bits per heavy atom. The lowest BCUT2D eigenvalue weighted by Crippen LogP contribution is -2.15. The summed E-state index contributed by atoms with van der Waals surface area (Å²) in [4.78, 5) is 0. The maximum absolute atomic E-state index is 5.65. The van der Waals surface area contributed by atoms with Gasteiger partial charge in [0.05, 0.1) is 6.61 Å². The van der Waals surface area contributed by atoms with Crippen LogP contribution in [-0.4, -0.2) is 19.7 Å². The highest BCUT2D eigenvalue weighted by Gasteiger charge is 2.14. The van der Waals surface area contributed by atoms with Gasteiger partial charge >= 0.3 is 0 Å². The van der Waals surface area contributed by atoms with E-state index in [2.05, 4.69) is 5.32 Å². The van der Waals surface area contributed by atoms with E-state index in [1.54, 1.807) is 0 Å². The molecule has 0 aromatic heterocycles. The van der Waals surface area contributed by atoms with Crippen LogP contribution in [0.4, 0.5) is 0 Å². The van der Waals surface area contributed by atoms with Crippen molar-refractivity contribution in [3.05, 3.63) is 30.3 Å². The highest BCUT2D eigenvalue weighted by atomic mass is 35.5. The van der Waals surface area contributed by atoms with Crippen molar-refractivity contribution in [3.63, 3.8) is 0 Å². The Labute approximate surface area is 91.1 Å². The Morgan fingerprint density at radius 1 is 1.29 bits per heavy atom. The molecule has 1 aliphatic heterocycles. The molecule has 1 aromatic rings. The predicted molar refractivity (Wildman–Crippen MR) is 60.2 cm³/mol. The maximum Gasteiger partial charge on any atom is 0.119 e. The van der Waals surface area contributed by atoms with Gasteiger partial charge in [-0.3, -0.25) is 0 Å². The standard InChI is InChI=1S/C11H15NO.ClH/c1-2-4-11(5-3-1)13-9-10-6-7-12-8-10;/h1-5,10,12H,6-9H2;1H. The molecule has 0 radical (unpaired) electrons. The number of nitrogens with one attached hydrogen (secondary N) is 1. The Bertz CT molecular complexity index is 247. The summed E-state index contributed by atoms with van der Waals surface area (Å²) < 4.78 is 5.65. The molecule has 0 aliphatic carbocycles. The molecule has 78 valence electrons. The minimum Gasteiger partial charge on any atom is -0.493 e. The second-order valence-corrected chi connectivity index (χ2v) is 3.48. The first-order valence-corrected chi connectivity index (χ1v) is 4.84. The van der Waals surface area contributed by atoms with Crippen LogP contribution >= 0.6 is 12.4 Å². The lowest BCUT2D eigenvalue weighted by Gasteiger charge is -2.10. The van der Waals surface area contributed by atoms with E-state index < -0.39 is 0 Å². The van der Waals surface area contributed by atoms with Gasteiger partial charge in [0.1, 0.15) is 5.75 Å². The Balaban J connectivity index is 0.000000980. The molecule has 0 saturated carbocycles. The summed E-state index contributed by atoms with van der Waals surface area (Å²) in [6.45, 7) is 3.09. The third-order valence-electron chi connectivity index (χ3n) is 2.39. The molecule has 0 amide bonds. The van der Waals surface area contributed by atoms with Gasteiger partial charge in [-0.05, 0) is 25.1 Å². The molecule has 1 atom stereocenters. The van der Waals surface area contributed by atoms with Gasteiger partial charge in [0.2, 0.25) is 0 Å². The molecule has 14 heavy (non-hydrogen) atoms. The monoisotopic (exact) mass is 213 g/mol. The zero-order valence-electron chi connectivity index (χ0n) is 8.11. The highest BCUT2D eigenvalue weighted by molar-refractivity contribution is 5.85. The summed E-state index contributed by atoms with van der Waals surface area (Å²) in [5.74, 6) is 1.68. The van der Waals surface area contributed by atoms with E-state index in [4.69, 9.17) is 4.74 Å². The van der Waals surface area contributed by atoms with Gasteiger partial charge < -0.3 is 10.1 Å². The van der Waals surface area contributed by atoms with E-state index in [-0.39, 0.29) is 12.4 Å². The summed E-state index contributed by atoms with van der Waals surface area (Å²) in [5.41, 5.74) is 0. The normalized spacial score (nSPS) is 20.1. The number of rotatable bonds is 3. The summed E-state index contributed by atoms with van der Waals surface area (Å²) in [5, 5.41) is 3.33. The molecule has 1 heterocycles. The van der Waals surface area contributed by atoms with Crippen molar-refractivity contribution in [1.29, 1.82) is 0 Å². The zero-order valence-corrected chi connectivity index (χ0v) is 8.93. The van der Waals surface area contributed by atoms with Crippen molar-refractivity contribution in [2.24, 2.45) is 5.92 Å². The lowest BCUT2D eigenvalue weighted by molar-refractivity contribution is 0.260. The van der Waals surface area contributed by atoms with Crippen molar-refractivity contribution in [1.82, 2.24) is 5.32 Å². The molecule has 0 bridgehead atoms. The van der Waals surface area contributed by atoms with Gasteiger partial charge in [0.25, 0.3) is 0 Å². The van der Waals surface area contributed by atoms with Crippen molar-refractivity contribution in [2.75, 3.05) is 19.7 Å². The molecule has 2 nitrogen and oxygen atoms in total. The number of para-hydroxylation sites is 1. The fourth-order valence-electron chi connectivity index (χ4n) is 1.59. The largest absolute Gasteiger partial charge is 0.493 e. The van der Waals surface area contributed by atoms with Gasteiger partial charge in [-0.25, -0.2) is 0 Å². The number of benzene rings is 1. The maximum atomic E-state index is 5.65. The van der Waals surface area contributed by atoms with Crippen LogP contribution in [0, 0.1) is 5.92 Å². The Hall–Kier alpha value is -0.730. The van der Waals surface area contributed by atoms with Gasteiger partial charge in [-0.2, -0.15) is 0 Å². The molecule has 3 heteroatoms. The number of hydrogen-bond donors (Lipinski definition) is 1. The molecule has 1 aromatic carbocycles. The molecule has 1 saturated heterocycles. The van der Waals surface area contributed by atoms with Crippen LogP contribution in [-0.2, 0) is 0 Å². The van der Waals surface area contributed by atoms with Gasteiger partial charge in [-0.15, -0.1) is 12.4 Å². The fourth-order valence-corrected chi connectivity index (χ4v) is 1.59. The van der Waals surface area contributed by atoms with E-state index in [0.29, 0.717) is 5.92 Å². The highest BCUT2D eigenvalue weighted by Crippen LogP contribution is 2.13. The van der Waals surface area contributed by atoms with Crippen molar-refractivity contribution < 1.29 is 4.74 Å². The zero-order chi connectivity index (χ0) is 8.93. The van der Waals surface area contributed by atoms with Crippen LogP contribution in [0.2, 0.25) is 0 Å². The minimum atomic E-state index is 0. The second-order valence-electron chi connectivity index (χ2n) is 3.48. The number of ether oxygens (including phenoxy) is 1. The molecule has 1 N–H and O–H groups in total. The summed E-state index contributed by atoms with van der Waals surface area (Å²) in [6, 6.07) is 10.0. The molecule has 0 spiro atoms. The van der Waals surface area contributed by atoms with Crippen molar-refractivity contribution in [3.8, 4) is 5.75 Å². The minimum absolute atomic E-state index is 0. The van der Waals surface area contributed by atoms with Crippen LogP contribution in [0.25, 0.3) is 0 Å². The quantitative estimate of drug-likeness (QED) is 0.831. The van der Waals surface area contributed by atoms with E-state index in [9.17, 15) is 0 Å². The predicted octanol–water partition coefficient (Wildman–Crippen LogP) is 2.10. The van der Waals surface area contributed by atoms with Crippen molar-refractivity contribution >= 4 is 12.4 Å². The number of hydrogen-bond acceptors (Lipinski definition) is 2. The van der Waals surface area contributed by atoms with E-state index in [1.807, 2.05) is 30.3 Å². The first kappa shape index (κ1) is 11.3. The summed E-state index contributed by atoms with van der Waals surface area (Å²) in [6.07, 6.45) is 1.24. The lowest BCUT2D eigenvalue weighted by atomic mass is 10.1. The van der Waals surface area contributed by atoms with Gasteiger partial charge in [0.15, 0.2) is 0 Å². The first-order valence-electron chi connectivity index (χ1n) is 4.84. The Kier molecular flexibility index (Phi) is 4.77. The second kappa shape index (κ2) is 5.89. The van der Waals surface area contributed by atoms with Crippen LogP contribution in [0.15, 0.2) is 30.3 Å².